The smallest absolute Gasteiger partial charge is 0.252 e. The van der Waals surface area contributed by atoms with E-state index in [1.54, 1.807) is 0 Å². The topological polar surface area (TPSA) is 44.9 Å². The number of halogens is 1. The zero-order valence-corrected chi connectivity index (χ0v) is 14.7. The second-order valence-corrected chi connectivity index (χ2v) is 7.69. The molecule has 3 nitrogen and oxygen atoms in total. The van der Waals surface area contributed by atoms with E-state index in [1.165, 1.54) is 17.7 Å². The van der Waals surface area contributed by atoms with Gasteiger partial charge in [-0.3, -0.25) is 4.79 Å². The quantitative estimate of drug-likeness (QED) is 0.672. The third-order valence-electron chi connectivity index (χ3n) is 4.91. The van der Waals surface area contributed by atoms with Crippen LogP contribution in [0.2, 0.25) is 0 Å². The molecule has 1 amide bonds. The number of rotatable bonds is 1. The van der Waals surface area contributed by atoms with Crippen LogP contribution in [0.3, 0.4) is 0 Å². The van der Waals surface area contributed by atoms with Crippen molar-refractivity contribution in [2.24, 2.45) is 0 Å². The minimum atomic E-state index is -0.401. The summed E-state index contributed by atoms with van der Waals surface area (Å²) >= 11 is 0. The van der Waals surface area contributed by atoms with E-state index in [9.17, 15) is 9.18 Å². The van der Waals surface area contributed by atoms with Gasteiger partial charge in [0.1, 0.15) is 5.82 Å². The van der Waals surface area contributed by atoms with Crippen molar-refractivity contribution >= 4 is 16.8 Å². The van der Waals surface area contributed by atoms with Crippen LogP contribution in [0.5, 0.6) is 0 Å². The Morgan fingerprint density at radius 3 is 2.48 bits per heavy atom. The molecule has 4 heteroatoms. The molecule has 0 unspecified atom stereocenters. The zero-order valence-electron chi connectivity index (χ0n) is 14.7. The van der Waals surface area contributed by atoms with Crippen molar-refractivity contribution in [3.05, 3.63) is 58.9 Å². The molecule has 2 N–H and O–H groups in total. The van der Waals surface area contributed by atoms with Crippen LogP contribution in [0.4, 0.5) is 4.39 Å². The Bertz CT molecular complexity index is 978. The fourth-order valence-electron chi connectivity index (χ4n) is 3.57. The summed E-state index contributed by atoms with van der Waals surface area (Å²) in [6.45, 7) is 7.11. The van der Waals surface area contributed by atoms with Crippen LogP contribution in [-0.2, 0) is 11.8 Å². The number of hydrogen-bond acceptors (Lipinski definition) is 1. The van der Waals surface area contributed by atoms with E-state index in [0.717, 1.165) is 28.6 Å². The fourth-order valence-corrected chi connectivity index (χ4v) is 3.57. The van der Waals surface area contributed by atoms with Crippen LogP contribution in [0.25, 0.3) is 22.2 Å². The van der Waals surface area contributed by atoms with Gasteiger partial charge in [-0.15, -0.1) is 0 Å². The van der Waals surface area contributed by atoms with Gasteiger partial charge < -0.3 is 10.3 Å². The second kappa shape index (κ2) is 5.45. The van der Waals surface area contributed by atoms with Gasteiger partial charge in [-0.2, -0.15) is 0 Å². The third-order valence-corrected chi connectivity index (χ3v) is 4.91. The molecule has 2 heterocycles. The van der Waals surface area contributed by atoms with Crippen molar-refractivity contribution in [1.29, 1.82) is 0 Å². The molecule has 1 aliphatic rings. The number of amides is 1. The van der Waals surface area contributed by atoms with Crippen LogP contribution in [0, 0.1) is 5.82 Å². The standard InChI is InChI=1S/C21H21FN2O/c1-21(2,3)13-6-4-12(5-7-13)19-15-8-9-23-20(25)16-10-14(22)11-17(24-19)18(15)16/h4-7,10-11,24H,8-9H2,1-3H3,(H,23,25). The lowest BCUT2D eigenvalue weighted by molar-refractivity contribution is 0.0957. The summed E-state index contributed by atoms with van der Waals surface area (Å²) in [6, 6.07) is 11.3. The SMILES string of the molecule is CC(C)(C)c1ccc(-c2[nH]c3cc(F)cc4c3c2CCNC4=O)cc1. The monoisotopic (exact) mass is 336 g/mol. The largest absolute Gasteiger partial charge is 0.354 e. The molecule has 0 bridgehead atoms. The highest BCUT2D eigenvalue weighted by atomic mass is 19.1. The van der Waals surface area contributed by atoms with E-state index in [2.05, 4.69) is 55.3 Å². The molecule has 128 valence electrons. The van der Waals surface area contributed by atoms with Crippen molar-refractivity contribution in [3.8, 4) is 11.3 Å². The van der Waals surface area contributed by atoms with Crippen LogP contribution in [0.15, 0.2) is 36.4 Å². The summed E-state index contributed by atoms with van der Waals surface area (Å²) in [5, 5.41) is 3.69. The summed E-state index contributed by atoms with van der Waals surface area (Å²) < 4.78 is 13.9. The minimum Gasteiger partial charge on any atom is -0.354 e. The highest BCUT2D eigenvalue weighted by molar-refractivity contribution is 6.10. The normalized spacial score (nSPS) is 14.5. The first-order valence-electron chi connectivity index (χ1n) is 8.58. The summed E-state index contributed by atoms with van der Waals surface area (Å²) in [5.74, 6) is -0.612. The van der Waals surface area contributed by atoms with Gasteiger partial charge in [-0.05, 0) is 40.7 Å². The van der Waals surface area contributed by atoms with Gasteiger partial charge >= 0.3 is 0 Å². The molecule has 1 aliphatic heterocycles. The number of hydrogen-bond donors (Lipinski definition) is 2. The van der Waals surface area contributed by atoms with Gasteiger partial charge in [-0.25, -0.2) is 4.39 Å². The van der Waals surface area contributed by atoms with E-state index in [0.29, 0.717) is 17.6 Å². The highest BCUT2D eigenvalue weighted by Gasteiger charge is 2.23. The lowest BCUT2D eigenvalue weighted by Crippen LogP contribution is -2.23. The minimum absolute atomic E-state index is 0.0946. The Labute approximate surface area is 146 Å². The predicted molar refractivity (Wildman–Crippen MR) is 98.4 cm³/mol. The maximum absolute atomic E-state index is 13.9. The predicted octanol–water partition coefficient (Wildman–Crippen LogP) is 4.56. The average Bonchev–Trinajstić information content (AvgIpc) is 2.82. The van der Waals surface area contributed by atoms with Gasteiger partial charge in [0.2, 0.25) is 0 Å². The number of benzene rings is 2. The first-order valence-corrected chi connectivity index (χ1v) is 8.58. The Hall–Kier alpha value is -2.62. The number of nitrogens with one attached hydrogen (secondary N) is 2. The van der Waals surface area contributed by atoms with Crippen LogP contribution < -0.4 is 5.32 Å². The fraction of sp³-hybridized carbons (Fsp3) is 0.286. The molecule has 2 aromatic carbocycles. The Kier molecular flexibility index (Phi) is 3.46. The Morgan fingerprint density at radius 2 is 1.80 bits per heavy atom. The molecule has 1 aromatic heterocycles. The van der Waals surface area contributed by atoms with E-state index >= 15 is 0 Å². The molecule has 0 fully saturated rings. The first kappa shape index (κ1) is 15.9. The summed E-state index contributed by atoms with van der Waals surface area (Å²) in [6.07, 6.45) is 0.723. The lowest BCUT2D eigenvalue weighted by atomic mass is 9.86. The van der Waals surface area contributed by atoms with Crippen molar-refractivity contribution in [1.82, 2.24) is 10.3 Å². The zero-order chi connectivity index (χ0) is 17.8. The first-order chi connectivity index (χ1) is 11.8. The highest BCUT2D eigenvalue weighted by Crippen LogP contribution is 2.35. The Morgan fingerprint density at radius 1 is 1.08 bits per heavy atom. The maximum Gasteiger partial charge on any atom is 0.252 e. The third kappa shape index (κ3) is 2.62. The summed E-state index contributed by atoms with van der Waals surface area (Å²) in [4.78, 5) is 15.6. The lowest BCUT2D eigenvalue weighted by Gasteiger charge is -2.19. The van der Waals surface area contributed by atoms with E-state index in [-0.39, 0.29) is 11.3 Å². The van der Waals surface area contributed by atoms with Crippen LogP contribution in [-0.4, -0.2) is 17.4 Å². The second-order valence-electron chi connectivity index (χ2n) is 7.69. The number of aromatic amines is 1. The van der Waals surface area contributed by atoms with E-state index in [1.807, 2.05) is 0 Å². The van der Waals surface area contributed by atoms with Gasteiger partial charge in [0.05, 0.1) is 5.56 Å². The molecule has 0 saturated heterocycles. The van der Waals surface area contributed by atoms with Crippen molar-refractivity contribution < 1.29 is 9.18 Å². The van der Waals surface area contributed by atoms with E-state index in [4.69, 9.17) is 0 Å². The summed E-state index contributed by atoms with van der Waals surface area (Å²) in [7, 11) is 0. The van der Waals surface area contributed by atoms with Gasteiger partial charge in [0.15, 0.2) is 0 Å². The maximum atomic E-state index is 13.9. The number of H-pyrrole nitrogens is 1. The molecule has 0 spiro atoms. The van der Waals surface area contributed by atoms with Gasteiger partial charge in [-0.1, -0.05) is 45.0 Å². The molecule has 25 heavy (non-hydrogen) atoms. The molecular weight excluding hydrogens is 315 g/mol. The molecule has 3 aromatic rings. The molecule has 0 radical (unpaired) electrons. The number of aromatic nitrogens is 1. The van der Waals surface area contributed by atoms with Gasteiger partial charge in [0, 0.05) is 23.1 Å². The molecule has 4 rings (SSSR count). The van der Waals surface area contributed by atoms with Gasteiger partial charge in [0.25, 0.3) is 5.91 Å². The number of carbonyl (C=O) groups is 1. The summed E-state index contributed by atoms with van der Waals surface area (Å²) in [5.41, 5.74) is 5.55. The van der Waals surface area contributed by atoms with Crippen molar-refractivity contribution in [2.45, 2.75) is 32.6 Å². The molecule has 0 aliphatic carbocycles. The molecule has 0 atom stereocenters. The van der Waals surface area contributed by atoms with Crippen LogP contribution in [0.1, 0.15) is 42.3 Å². The average molecular weight is 336 g/mol. The van der Waals surface area contributed by atoms with Crippen molar-refractivity contribution in [2.75, 3.05) is 6.54 Å². The number of carbonyl (C=O) groups excluding carboxylic acids is 1. The molecular formula is C21H21FN2O. The van der Waals surface area contributed by atoms with E-state index < -0.39 is 5.82 Å². The van der Waals surface area contributed by atoms with Crippen LogP contribution >= 0.6 is 0 Å². The van der Waals surface area contributed by atoms with Crippen molar-refractivity contribution in [3.63, 3.8) is 0 Å². The Balaban J connectivity index is 1.92. The molecule has 0 saturated carbocycles.